The van der Waals surface area contributed by atoms with Gasteiger partial charge >= 0.3 is 0 Å². The maximum Gasteiger partial charge on any atom is 0.159 e. The minimum atomic E-state index is 0.541. The summed E-state index contributed by atoms with van der Waals surface area (Å²) in [7, 11) is 0. The third kappa shape index (κ3) is 2.50. The highest BCUT2D eigenvalue weighted by Crippen LogP contribution is 2.26. The minimum absolute atomic E-state index is 0.541. The number of hydrogen-bond donors (Lipinski definition) is 1. The van der Waals surface area contributed by atoms with Crippen LogP contribution in [-0.4, -0.2) is 27.6 Å². The van der Waals surface area contributed by atoms with Gasteiger partial charge in [0.15, 0.2) is 5.65 Å². The molecule has 0 radical (unpaired) electrons. The first kappa shape index (κ1) is 12.6. The van der Waals surface area contributed by atoms with E-state index in [1.807, 2.05) is 12.3 Å². The molecule has 1 atom stereocenters. The number of aromatic nitrogens is 3. The van der Waals surface area contributed by atoms with Gasteiger partial charge < -0.3 is 9.88 Å². The molecule has 0 aromatic carbocycles. The Bertz CT molecular complexity index is 540. The summed E-state index contributed by atoms with van der Waals surface area (Å²) >= 11 is 0. The van der Waals surface area contributed by atoms with E-state index in [1.165, 1.54) is 31.5 Å². The monoisotopic (exact) mass is 258 g/mol. The number of imidazole rings is 1. The third-order valence-corrected chi connectivity index (χ3v) is 3.93. The van der Waals surface area contributed by atoms with E-state index in [1.54, 1.807) is 0 Å². The lowest BCUT2D eigenvalue weighted by atomic mass is 9.99. The normalized spacial score (nSPS) is 19.9. The first-order valence-corrected chi connectivity index (χ1v) is 7.42. The Hall–Kier alpha value is -1.42. The number of unbranched alkanes of at least 4 members (excludes halogenated alkanes) is 1. The smallest absolute Gasteiger partial charge is 0.159 e. The average molecular weight is 258 g/mol. The third-order valence-electron chi connectivity index (χ3n) is 3.93. The molecule has 19 heavy (non-hydrogen) atoms. The van der Waals surface area contributed by atoms with Crippen LogP contribution in [0.2, 0.25) is 0 Å². The molecule has 0 bridgehead atoms. The molecule has 2 aromatic heterocycles. The van der Waals surface area contributed by atoms with Gasteiger partial charge in [0.25, 0.3) is 0 Å². The molecular formula is C15H22N4. The van der Waals surface area contributed by atoms with Gasteiger partial charge in [0.05, 0.1) is 0 Å². The van der Waals surface area contributed by atoms with Gasteiger partial charge in [0.2, 0.25) is 0 Å². The largest absolute Gasteiger partial charge is 0.316 e. The molecule has 102 valence electrons. The number of rotatable bonds is 4. The van der Waals surface area contributed by atoms with Crippen LogP contribution in [-0.2, 0) is 6.54 Å². The summed E-state index contributed by atoms with van der Waals surface area (Å²) in [6.07, 6.45) is 6.75. The number of hydrogen-bond acceptors (Lipinski definition) is 3. The number of pyridine rings is 1. The molecule has 1 unspecified atom stereocenters. The van der Waals surface area contributed by atoms with Crippen molar-refractivity contribution in [3.63, 3.8) is 0 Å². The van der Waals surface area contributed by atoms with Crippen molar-refractivity contribution in [2.45, 2.75) is 45.1 Å². The van der Waals surface area contributed by atoms with Crippen LogP contribution in [0, 0.1) is 0 Å². The zero-order valence-electron chi connectivity index (χ0n) is 11.6. The lowest BCUT2D eigenvalue weighted by molar-refractivity contribution is 0.431. The van der Waals surface area contributed by atoms with Crippen LogP contribution in [0.25, 0.3) is 11.2 Å². The standard InChI is InChI=1S/C15H22N4/c1-2-3-10-19-14(12-6-4-8-16-11-12)18-13-7-5-9-17-15(13)19/h5,7,9,12,16H,2-4,6,8,10-11H2,1H3. The van der Waals surface area contributed by atoms with E-state index in [0.29, 0.717) is 5.92 Å². The summed E-state index contributed by atoms with van der Waals surface area (Å²) in [5.74, 6) is 1.77. The summed E-state index contributed by atoms with van der Waals surface area (Å²) < 4.78 is 2.34. The van der Waals surface area contributed by atoms with Crippen molar-refractivity contribution < 1.29 is 0 Å². The summed E-state index contributed by atoms with van der Waals surface area (Å²) in [4.78, 5) is 9.38. The van der Waals surface area contributed by atoms with Crippen molar-refractivity contribution in [1.29, 1.82) is 0 Å². The zero-order chi connectivity index (χ0) is 13.1. The van der Waals surface area contributed by atoms with Crippen molar-refractivity contribution in [3.8, 4) is 0 Å². The lowest BCUT2D eigenvalue weighted by Crippen LogP contribution is -2.30. The molecule has 0 spiro atoms. The van der Waals surface area contributed by atoms with E-state index in [2.05, 4.69) is 27.9 Å². The lowest BCUT2D eigenvalue weighted by Gasteiger charge is -2.23. The van der Waals surface area contributed by atoms with Gasteiger partial charge in [-0.25, -0.2) is 9.97 Å². The molecule has 0 aliphatic carbocycles. The fourth-order valence-corrected chi connectivity index (χ4v) is 2.90. The number of piperidine rings is 1. The quantitative estimate of drug-likeness (QED) is 0.917. The topological polar surface area (TPSA) is 42.7 Å². The van der Waals surface area contributed by atoms with Gasteiger partial charge in [-0.3, -0.25) is 0 Å². The number of aryl methyl sites for hydroxylation is 1. The molecule has 4 heteroatoms. The molecule has 4 nitrogen and oxygen atoms in total. The Morgan fingerprint density at radius 1 is 1.47 bits per heavy atom. The molecule has 0 saturated carbocycles. The first-order valence-electron chi connectivity index (χ1n) is 7.42. The molecule has 1 aliphatic heterocycles. The van der Waals surface area contributed by atoms with Crippen LogP contribution < -0.4 is 5.32 Å². The van der Waals surface area contributed by atoms with Gasteiger partial charge in [0, 0.05) is 25.2 Å². The second-order valence-corrected chi connectivity index (χ2v) is 5.36. The van der Waals surface area contributed by atoms with Gasteiger partial charge in [0.1, 0.15) is 11.3 Å². The Kier molecular flexibility index (Phi) is 3.78. The molecule has 1 aliphatic rings. The number of nitrogens with one attached hydrogen (secondary N) is 1. The highest BCUT2D eigenvalue weighted by atomic mass is 15.1. The Labute approximate surface area is 114 Å². The fourth-order valence-electron chi connectivity index (χ4n) is 2.90. The van der Waals surface area contributed by atoms with Gasteiger partial charge in [-0.05, 0) is 37.9 Å². The minimum Gasteiger partial charge on any atom is -0.316 e. The summed E-state index contributed by atoms with van der Waals surface area (Å²) in [6.45, 7) is 5.46. The van der Waals surface area contributed by atoms with Crippen LogP contribution in [0.3, 0.4) is 0 Å². The van der Waals surface area contributed by atoms with Crippen LogP contribution in [0.4, 0.5) is 0 Å². The molecule has 2 aromatic rings. The Balaban J connectivity index is 2.00. The summed E-state index contributed by atoms with van der Waals surface area (Å²) in [5.41, 5.74) is 2.09. The molecule has 1 N–H and O–H groups in total. The van der Waals surface area contributed by atoms with Crippen molar-refractivity contribution in [2.24, 2.45) is 0 Å². The number of nitrogens with zero attached hydrogens (tertiary/aromatic N) is 3. The second-order valence-electron chi connectivity index (χ2n) is 5.36. The average Bonchev–Trinajstić information content (AvgIpc) is 2.85. The molecule has 1 fully saturated rings. The number of fused-ring (bicyclic) bond motifs is 1. The predicted molar refractivity (Wildman–Crippen MR) is 77.3 cm³/mol. The van der Waals surface area contributed by atoms with E-state index < -0.39 is 0 Å². The van der Waals surface area contributed by atoms with Gasteiger partial charge in [-0.15, -0.1) is 0 Å². The van der Waals surface area contributed by atoms with Crippen molar-refractivity contribution in [3.05, 3.63) is 24.2 Å². The highest BCUT2D eigenvalue weighted by molar-refractivity contribution is 5.71. The van der Waals surface area contributed by atoms with E-state index in [0.717, 1.165) is 30.8 Å². The predicted octanol–water partition coefficient (Wildman–Crippen LogP) is 2.70. The Morgan fingerprint density at radius 3 is 3.21 bits per heavy atom. The van der Waals surface area contributed by atoms with Crippen LogP contribution in [0.15, 0.2) is 18.3 Å². The van der Waals surface area contributed by atoms with Crippen LogP contribution >= 0.6 is 0 Å². The zero-order valence-corrected chi connectivity index (χ0v) is 11.6. The summed E-state index contributed by atoms with van der Waals surface area (Å²) in [6, 6.07) is 4.05. The highest BCUT2D eigenvalue weighted by Gasteiger charge is 2.22. The first-order chi connectivity index (χ1) is 9.40. The Morgan fingerprint density at radius 2 is 2.42 bits per heavy atom. The molecule has 0 amide bonds. The van der Waals surface area contributed by atoms with Crippen molar-refractivity contribution in [1.82, 2.24) is 19.9 Å². The molecule has 3 heterocycles. The van der Waals surface area contributed by atoms with Crippen LogP contribution in [0.1, 0.15) is 44.3 Å². The van der Waals surface area contributed by atoms with E-state index in [4.69, 9.17) is 4.98 Å². The second kappa shape index (κ2) is 5.70. The van der Waals surface area contributed by atoms with E-state index >= 15 is 0 Å². The van der Waals surface area contributed by atoms with E-state index in [-0.39, 0.29) is 0 Å². The van der Waals surface area contributed by atoms with E-state index in [9.17, 15) is 0 Å². The fraction of sp³-hybridized carbons (Fsp3) is 0.600. The van der Waals surface area contributed by atoms with Gasteiger partial charge in [-0.1, -0.05) is 13.3 Å². The van der Waals surface area contributed by atoms with Gasteiger partial charge in [-0.2, -0.15) is 0 Å². The maximum atomic E-state index is 4.85. The maximum absolute atomic E-state index is 4.85. The van der Waals surface area contributed by atoms with Crippen molar-refractivity contribution >= 4 is 11.2 Å². The molecule has 3 rings (SSSR count). The molecular weight excluding hydrogens is 236 g/mol. The molecule has 1 saturated heterocycles. The summed E-state index contributed by atoms with van der Waals surface area (Å²) in [5, 5.41) is 3.49. The van der Waals surface area contributed by atoms with Crippen molar-refractivity contribution in [2.75, 3.05) is 13.1 Å². The van der Waals surface area contributed by atoms with Crippen LogP contribution in [0.5, 0.6) is 0 Å². The SMILES string of the molecule is CCCCn1c(C2CCCNC2)nc2cccnc21.